The van der Waals surface area contributed by atoms with Gasteiger partial charge in [-0.25, -0.2) is 9.37 Å². The Bertz CT molecular complexity index is 1460. The molecular weight excluding hydrogens is 549 g/mol. The van der Waals surface area contributed by atoms with Crippen LogP contribution in [0.5, 0.6) is 11.5 Å². The van der Waals surface area contributed by atoms with E-state index in [4.69, 9.17) is 26.8 Å². The highest BCUT2D eigenvalue weighted by atomic mass is 35.5. The van der Waals surface area contributed by atoms with Gasteiger partial charge in [0.15, 0.2) is 17.3 Å². The van der Waals surface area contributed by atoms with E-state index in [2.05, 4.69) is 10.3 Å². The van der Waals surface area contributed by atoms with Gasteiger partial charge in [-0.2, -0.15) is 0 Å². The van der Waals surface area contributed by atoms with Gasteiger partial charge in [-0.1, -0.05) is 11.6 Å². The number of ether oxygens (including phenoxy) is 2. The highest BCUT2D eigenvalue weighted by molar-refractivity contribution is 6.31. The van der Waals surface area contributed by atoms with Crippen molar-refractivity contribution in [1.29, 1.82) is 0 Å². The molecule has 4 rings (SSSR count). The van der Waals surface area contributed by atoms with Gasteiger partial charge in [0.05, 0.1) is 41.7 Å². The molecule has 10 heteroatoms. The van der Waals surface area contributed by atoms with Crippen molar-refractivity contribution in [3.63, 3.8) is 0 Å². The molecule has 0 bridgehead atoms. The van der Waals surface area contributed by atoms with E-state index in [9.17, 15) is 19.1 Å². The number of nitrogens with zero attached hydrogens (tertiary/aromatic N) is 1. The summed E-state index contributed by atoms with van der Waals surface area (Å²) in [7, 11) is 1.52. The van der Waals surface area contributed by atoms with Gasteiger partial charge in [0, 0.05) is 17.5 Å². The van der Waals surface area contributed by atoms with Crippen LogP contribution in [0, 0.1) is 5.82 Å². The number of carbonyl (C=O) groups excluding carboxylic acids is 2. The Morgan fingerprint density at radius 3 is 2.49 bits per heavy atom. The number of halogens is 2. The molecule has 1 saturated carbocycles. The third-order valence-electron chi connectivity index (χ3n) is 7.09. The molecule has 1 atom stereocenters. The topological polar surface area (TPSA) is 124 Å². The first-order valence-electron chi connectivity index (χ1n) is 13.4. The molecule has 8 nitrogen and oxygen atoms in total. The molecule has 1 aliphatic rings. The van der Waals surface area contributed by atoms with Gasteiger partial charge < -0.3 is 25.6 Å². The van der Waals surface area contributed by atoms with Crippen LogP contribution in [0.4, 0.5) is 4.39 Å². The second-order valence-electron chi connectivity index (χ2n) is 11.0. The summed E-state index contributed by atoms with van der Waals surface area (Å²) >= 11 is 6.04. The van der Waals surface area contributed by atoms with E-state index in [0.29, 0.717) is 33.9 Å². The third-order valence-corrected chi connectivity index (χ3v) is 7.38. The summed E-state index contributed by atoms with van der Waals surface area (Å²) in [4.78, 5) is 29.9. The van der Waals surface area contributed by atoms with Crippen molar-refractivity contribution in [2.24, 2.45) is 5.73 Å². The van der Waals surface area contributed by atoms with Crippen LogP contribution in [-0.4, -0.2) is 41.5 Å². The van der Waals surface area contributed by atoms with Crippen LogP contribution in [0.1, 0.15) is 68.1 Å². The maximum atomic E-state index is 13.9. The van der Waals surface area contributed by atoms with Gasteiger partial charge >= 0.3 is 0 Å². The number of aromatic nitrogens is 1. The van der Waals surface area contributed by atoms with Gasteiger partial charge in [-0.15, -0.1) is 0 Å². The lowest BCUT2D eigenvalue weighted by molar-refractivity contribution is -0.121. The van der Waals surface area contributed by atoms with Crippen LogP contribution in [0.25, 0.3) is 11.3 Å². The van der Waals surface area contributed by atoms with Gasteiger partial charge in [0.2, 0.25) is 5.91 Å². The molecule has 2 aromatic carbocycles. The predicted octanol–water partition coefficient (Wildman–Crippen LogP) is 5.27. The number of pyridine rings is 1. The lowest BCUT2D eigenvalue weighted by atomic mass is 9.87. The van der Waals surface area contributed by atoms with Crippen molar-refractivity contribution in [2.45, 2.75) is 63.7 Å². The van der Waals surface area contributed by atoms with Crippen LogP contribution in [0.2, 0.25) is 5.02 Å². The fourth-order valence-corrected chi connectivity index (χ4v) is 4.56. The van der Waals surface area contributed by atoms with Crippen LogP contribution in [0.3, 0.4) is 0 Å². The van der Waals surface area contributed by atoms with Crippen molar-refractivity contribution >= 4 is 23.3 Å². The summed E-state index contributed by atoms with van der Waals surface area (Å²) in [5.74, 6) is -0.0398. The van der Waals surface area contributed by atoms with Crippen molar-refractivity contribution in [3.05, 3.63) is 76.2 Å². The van der Waals surface area contributed by atoms with Crippen molar-refractivity contribution < 1.29 is 28.6 Å². The normalized spacial score (nSPS) is 14.7. The first-order chi connectivity index (χ1) is 19.3. The van der Waals surface area contributed by atoms with E-state index in [0.717, 1.165) is 12.8 Å². The second-order valence-corrected chi connectivity index (χ2v) is 11.4. The standard InChI is InChI=1S/C31H35ClFN3O5/c1-30(2,36-29(38)17-34)20-15-24(18-5-9-23(33)22(32)13-18)35-28(16-20)31(3,39)12-11-25(37)19-6-10-26(27(14-19)40-4)41-21-7-8-21/h5-6,9-10,13-16,21,39H,7-8,11-12,17,34H2,1-4H3,(H,36,38). The van der Waals surface area contributed by atoms with E-state index in [1.165, 1.54) is 25.3 Å². The van der Waals surface area contributed by atoms with E-state index in [1.54, 1.807) is 51.1 Å². The fraction of sp³-hybridized carbons (Fsp3) is 0.387. The molecule has 4 N–H and O–H groups in total. The molecule has 0 spiro atoms. The monoisotopic (exact) mass is 583 g/mol. The van der Waals surface area contributed by atoms with E-state index < -0.39 is 17.0 Å². The number of hydrogen-bond acceptors (Lipinski definition) is 7. The molecule has 0 saturated heterocycles. The molecule has 0 radical (unpaired) electrons. The number of carbonyl (C=O) groups is 2. The average molecular weight is 584 g/mol. The van der Waals surface area contributed by atoms with Crippen LogP contribution in [0.15, 0.2) is 48.5 Å². The molecule has 1 aliphatic carbocycles. The van der Waals surface area contributed by atoms with Crippen molar-refractivity contribution in [1.82, 2.24) is 10.3 Å². The van der Waals surface area contributed by atoms with Crippen LogP contribution < -0.4 is 20.5 Å². The number of benzene rings is 2. The molecule has 1 amide bonds. The molecule has 3 aromatic rings. The number of aliphatic hydroxyl groups is 1. The Labute approximate surface area is 244 Å². The Morgan fingerprint density at radius 1 is 1.12 bits per heavy atom. The Hall–Kier alpha value is -3.53. The second kappa shape index (κ2) is 12.1. The van der Waals surface area contributed by atoms with Crippen molar-refractivity contribution in [3.8, 4) is 22.8 Å². The minimum absolute atomic E-state index is 0.0237. The summed E-state index contributed by atoms with van der Waals surface area (Å²) in [6.45, 7) is 4.97. The molecule has 218 valence electrons. The third kappa shape index (κ3) is 7.41. The number of Topliss-reactive ketones (excluding diaryl/α,β-unsaturated/α-hetero) is 1. The zero-order chi connectivity index (χ0) is 29.9. The largest absolute Gasteiger partial charge is 0.493 e. The maximum absolute atomic E-state index is 13.9. The quantitative estimate of drug-likeness (QED) is 0.248. The minimum Gasteiger partial charge on any atom is -0.493 e. The summed E-state index contributed by atoms with van der Waals surface area (Å²) < 4.78 is 25.1. The molecule has 41 heavy (non-hydrogen) atoms. The summed E-state index contributed by atoms with van der Waals surface area (Å²) in [5, 5.41) is 14.4. The lowest BCUT2D eigenvalue weighted by Crippen LogP contribution is -2.44. The first-order valence-corrected chi connectivity index (χ1v) is 13.8. The summed E-state index contributed by atoms with van der Waals surface area (Å²) in [5.41, 5.74) is 5.37. The Morgan fingerprint density at radius 2 is 1.85 bits per heavy atom. The predicted molar refractivity (Wildman–Crippen MR) is 155 cm³/mol. The van der Waals surface area contributed by atoms with Gasteiger partial charge in [-0.3, -0.25) is 9.59 Å². The highest BCUT2D eigenvalue weighted by Crippen LogP contribution is 2.36. The summed E-state index contributed by atoms with van der Waals surface area (Å²) in [6, 6.07) is 12.7. The van der Waals surface area contributed by atoms with E-state index >= 15 is 0 Å². The smallest absolute Gasteiger partial charge is 0.234 e. The Kier molecular flexibility index (Phi) is 9.01. The van der Waals surface area contributed by atoms with Gasteiger partial charge in [0.25, 0.3) is 0 Å². The zero-order valence-electron chi connectivity index (χ0n) is 23.6. The number of methoxy groups -OCH3 is 1. The van der Waals surface area contributed by atoms with Crippen LogP contribution in [-0.2, 0) is 15.9 Å². The number of amides is 1. The van der Waals surface area contributed by atoms with Crippen LogP contribution >= 0.6 is 11.6 Å². The molecule has 1 aromatic heterocycles. The molecule has 1 fully saturated rings. The number of nitrogens with one attached hydrogen (secondary N) is 1. The minimum atomic E-state index is -1.53. The van der Waals surface area contributed by atoms with E-state index in [-0.39, 0.29) is 47.9 Å². The number of hydrogen-bond donors (Lipinski definition) is 3. The number of nitrogens with two attached hydrogens (primary N) is 1. The van der Waals surface area contributed by atoms with Gasteiger partial charge in [0.1, 0.15) is 11.4 Å². The number of ketones is 1. The van der Waals surface area contributed by atoms with E-state index in [1.807, 2.05) is 0 Å². The lowest BCUT2D eigenvalue weighted by Gasteiger charge is -2.30. The van der Waals surface area contributed by atoms with Gasteiger partial charge in [-0.05, 0) is 94.1 Å². The molecule has 1 unspecified atom stereocenters. The zero-order valence-corrected chi connectivity index (χ0v) is 24.3. The molecule has 0 aliphatic heterocycles. The number of rotatable bonds is 12. The molecular formula is C31H35ClFN3O5. The SMILES string of the molecule is COc1cc(C(=O)CCC(C)(O)c2cc(C(C)(C)NC(=O)CN)cc(-c3ccc(F)c(Cl)c3)n2)ccc1OC1CC1. The maximum Gasteiger partial charge on any atom is 0.234 e. The average Bonchev–Trinajstić information content (AvgIpc) is 3.77. The first kappa shape index (κ1) is 30.4. The molecule has 1 heterocycles. The Balaban J connectivity index is 1.62. The van der Waals surface area contributed by atoms with Crippen molar-refractivity contribution in [2.75, 3.05) is 13.7 Å². The highest BCUT2D eigenvalue weighted by Gasteiger charge is 2.31. The fourth-order valence-electron chi connectivity index (χ4n) is 4.38. The summed E-state index contributed by atoms with van der Waals surface area (Å²) in [6.07, 6.45) is 2.27.